The van der Waals surface area contributed by atoms with Gasteiger partial charge in [0.1, 0.15) is 5.60 Å². The van der Waals surface area contributed by atoms with Gasteiger partial charge in [-0.1, -0.05) is 0 Å². The van der Waals surface area contributed by atoms with Crippen LogP contribution in [0.15, 0.2) is 12.1 Å². The van der Waals surface area contributed by atoms with E-state index in [1.54, 1.807) is 20.8 Å². The van der Waals surface area contributed by atoms with Gasteiger partial charge in [-0.3, -0.25) is 4.79 Å². The van der Waals surface area contributed by atoms with Crippen molar-refractivity contribution >= 4 is 12.0 Å². The minimum atomic E-state index is -0.665. The highest BCUT2D eigenvalue weighted by Gasteiger charge is 2.28. The predicted molar refractivity (Wildman–Crippen MR) is 85.1 cm³/mol. The number of nitrogens with zero attached hydrogens (tertiary/aromatic N) is 2. The molecule has 1 saturated heterocycles. The van der Waals surface area contributed by atoms with E-state index in [9.17, 15) is 24.9 Å². The number of amides is 2. The van der Waals surface area contributed by atoms with Crippen LogP contribution in [-0.4, -0.2) is 68.9 Å². The first-order valence-corrected chi connectivity index (χ1v) is 7.60. The Hall–Kier alpha value is -2.64. The van der Waals surface area contributed by atoms with E-state index >= 15 is 0 Å². The smallest absolute Gasteiger partial charge is 0.410 e. The maximum atomic E-state index is 12.4. The maximum absolute atomic E-state index is 12.4. The lowest BCUT2D eigenvalue weighted by molar-refractivity contribution is 0.0141. The molecular formula is C16H22N2O6. The van der Waals surface area contributed by atoms with Gasteiger partial charge in [0.25, 0.3) is 5.91 Å². The van der Waals surface area contributed by atoms with Crippen LogP contribution in [0.5, 0.6) is 17.2 Å². The SMILES string of the molecule is CC(C)(C)OC(=O)N1CCN(C(=O)c2cc(O)c(O)c(O)c2)CC1. The largest absolute Gasteiger partial charge is 0.504 e. The molecular weight excluding hydrogens is 316 g/mol. The highest BCUT2D eigenvalue weighted by Crippen LogP contribution is 2.35. The van der Waals surface area contributed by atoms with Crippen molar-refractivity contribution in [3.8, 4) is 17.2 Å². The Morgan fingerprint density at radius 2 is 1.42 bits per heavy atom. The summed E-state index contributed by atoms with van der Waals surface area (Å²) in [6.07, 6.45) is -0.422. The summed E-state index contributed by atoms with van der Waals surface area (Å²) in [7, 11) is 0. The Morgan fingerprint density at radius 1 is 0.958 bits per heavy atom. The standard InChI is InChI=1S/C16H22N2O6/c1-16(2,3)24-15(23)18-6-4-17(5-7-18)14(22)10-8-11(19)13(21)12(20)9-10/h8-9,19-21H,4-7H2,1-3H3. The van der Waals surface area contributed by atoms with E-state index in [2.05, 4.69) is 0 Å². The molecule has 1 aliphatic heterocycles. The van der Waals surface area contributed by atoms with Gasteiger partial charge in [0.05, 0.1) is 0 Å². The number of phenolic OH excluding ortho intramolecular Hbond substituents is 3. The van der Waals surface area contributed by atoms with Crippen molar-refractivity contribution in [1.29, 1.82) is 0 Å². The summed E-state index contributed by atoms with van der Waals surface area (Å²) in [6, 6.07) is 2.19. The van der Waals surface area contributed by atoms with Gasteiger partial charge in [0, 0.05) is 31.7 Å². The molecule has 8 heteroatoms. The number of carbonyl (C=O) groups is 2. The molecule has 1 aromatic carbocycles. The number of carbonyl (C=O) groups excluding carboxylic acids is 2. The van der Waals surface area contributed by atoms with Gasteiger partial charge in [0.2, 0.25) is 0 Å². The first kappa shape index (κ1) is 17.7. The molecule has 1 fully saturated rings. The lowest BCUT2D eigenvalue weighted by atomic mass is 10.1. The summed E-state index contributed by atoms with van der Waals surface area (Å²) < 4.78 is 5.29. The van der Waals surface area contributed by atoms with Gasteiger partial charge in [-0.2, -0.15) is 0 Å². The Balaban J connectivity index is 1.99. The molecule has 1 aliphatic rings. The fraction of sp³-hybridized carbons (Fsp3) is 0.500. The predicted octanol–water partition coefficient (Wildman–Crippen LogP) is 1.50. The van der Waals surface area contributed by atoms with Gasteiger partial charge in [-0.15, -0.1) is 0 Å². The zero-order valence-corrected chi connectivity index (χ0v) is 13.9. The summed E-state index contributed by atoms with van der Waals surface area (Å²) in [4.78, 5) is 27.4. The second-order valence-electron chi connectivity index (χ2n) is 6.62. The van der Waals surface area contributed by atoms with Crippen molar-refractivity contribution in [2.45, 2.75) is 26.4 Å². The van der Waals surface area contributed by atoms with Gasteiger partial charge in [0.15, 0.2) is 17.2 Å². The fourth-order valence-electron chi connectivity index (χ4n) is 2.33. The average Bonchev–Trinajstić information content (AvgIpc) is 2.50. The molecule has 8 nitrogen and oxygen atoms in total. The minimum Gasteiger partial charge on any atom is -0.504 e. The fourth-order valence-corrected chi connectivity index (χ4v) is 2.33. The van der Waals surface area contributed by atoms with Crippen molar-refractivity contribution in [2.24, 2.45) is 0 Å². The number of hydrogen-bond acceptors (Lipinski definition) is 6. The van der Waals surface area contributed by atoms with Crippen LogP contribution in [0.4, 0.5) is 4.79 Å². The lowest BCUT2D eigenvalue weighted by Crippen LogP contribution is -2.51. The number of piperazine rings is 1. The van der Waals surface area contributed by atoms with Crippen LogP contribution < -0.4 is 0 Å². The van der Waals surface area contributed by atoms with Crippen molar-refractivity contribution in [3.63, 3.8) is 0 Å². The first-order valence-electron chi connectivity index (χ1n) is 7.60. The van der Waals surface area contributed by atoms with E-state index in [0.717, 1.165) is 12.1 Å². The molecule has 1 aromatic rings. The van der Waals surface area contributed by atoms with E-state index in [4.69, 9.17) is 4.74 Å². The highest BCUT2D eigenvalue weighted by molar-refractivity contribution is 5.95. The van der Waals surface area contributed by atoms with E-state index in [-0.39, 0.29) is 5.56 Å². The molecule has 0 aromatic heterocycles. The summed E-state index contributed by atoms with van der Waals surface area (Å²) in [5.41, 5.74) is -0.515. The zero-order valence-electron chi connectivity index (χ0n) is 13.9. The molecule has 0 radical (unpaired) electrons. The summed E-state index contributed by atoms with van der Waals surface area (Å²) >= 11 is 0. The molecule has 132 valence electrons. The molecule has 3 N–H and O–H groups in total. The second kappa shape index (κ2) is 6.46. The number of phenols is 3. The summed E-state index contributed by atoms with van der Waals surface area (Å²) in [5.74, 6) is -2.19. The lowest BCUT2D eigenvalue weighted by Gasteiger charge is -2.35. The van der Waals surface area contributed by atoms with Crippen molar-refractivity contribution in [2.75, 3.05) is 26.2 Å². The molecule has 0 atom stereocenters. The summed E-state index contributed by atoms with van der Waals surface area (Å²) in [5, 5.41) is 28.3. The van der Waals surface area contributed by atoms with E-state index < -0.39 is 34.9 Å². The quantitative estimate of drug-likeness (QED) is 0.669. The molecule has 0 saturated carbocycles. The first-order chi connectivity index (χ1) is 11.1. The third-order valence-corrected chi connectivity index (χ3v) is 3.54. The number of hydrogen-bond donors (Lipinski definition) is 3. The molecule has 0 unspecified atom stereocenters. The molecule has 0 aliphatic carbocycles. The second-order valence-corrected chi connectivity index (χ2v) is 6.62. The van der Waals surface area contributed by atoms with Crippen LogP contribution in [0.25, 0.3) is 0 Å². The number of benzene rings is 1. The third-order valence-electron chi connectivity index (χ3n) is 3.54. The van der Waals surface area contributed by atoms with Crippen molar-refractivity contribution < 1.29 is 29.6 Å². The van der Waals surface area contributed by atoms with Crippen LogP contribution in [0.3, 0.4) is 0 Å². The monoisotopic (exact) mass is 338 g/mol. The average molecular weight is 338 g/mol. The third kappa shape index (κ3) is 4.01. The number of aromatic hydroxyl groups is 3. The Labute approximate surface area is 139 Å². The van der Waals surface area contributed by atoms with Gasteiger partial charge in [-0.25, -0.2) is 4.79 Å². The van der Waals surface area contributed by atoms with Crippen LogP contribution >= 0.6 is 0 Å². The Morgan fingerprint density at radius 3 is 1.88 bits per heavy atom. The molecule has 2 rings (SSSR count). The summed E-state index contributed by atoms with van der Waals surface area (Å²) in [6.45, 7) is 6.63. The number of rotatable bonds is 1. The van der Waals surface area contributed by atoms with Crippen molar-refractivity contribution in [1.82, 2.24) is 9.80 Å². The minimum absolute atomic E-state index is 0.0634. The van der Waals surface area contributed by atoms with Crippen molar-refractivity contribution in [3.05, 3.63) is 17.7 Å². The Bertz CT molecular complexity index is 621. The van der Waals surface area contributed by atoms with E-state index in [1.807, 2.05) is 0 Å². The normalized spacial score (nSPS) is 15.3. The Kier molecular flexibility index (Phi) is 4.77. The van der Waals surface area contributed by atoms with Crippen LogP contribution in [-0.2, 0) is 4.74 Å². The highest BCUT2D eigenvalue weighted by atomic mass is 16.6. The molecule has 0 bridgehead atoms. The van der Waals surface area contributed by atoms with Gasteiger partial charge < -0.3 is 29.9 Å². The molecule has 24 heavy (non-hydrogen) atoms. The molecule has 0 spiro atoms. The van der Waals surface area contributed by atoms with Gasteiger partial charge >= 0.3 is 6.09 Å². The zero-order chi connectivity index (χ0) is 18.1. The molecule has 1 heterocycles. The number of ether oxygens (including phenoxy) is 1. The topological polar surface area (TPSA) is 111 Å². The van der Waals surface area contributed by atoms with E-state index in [1.165, 1.54) is 9.80 Å². The van der Waals surface area contributed by atoms with Crippen LogP contribution in [0, 0.1) is 0 Å². The van der Waals surface area contributed by atoms with E-state index in [0.29, 0.717) is 26.2 Å². The van der Waals surface area contributed by atoms with Gasteiger partial charge in [-0.05, 0) is 32.9 Å². The molecule has 2 amide bonds. The van der Waals surface area contributed by atoms with Crippen LogP contribution in [0.1, 0.15) is 31.1 Å². The van der Waals surface area contributed by atoms with Crippen LogP contribution in [0.2, 0.25) is 0 Å². The maximum Gasteiger partial charge on any atom is 0.410 e.